The molecule has 1 aliphatic heterocycles. The number of fused-ring (bicyclic) bond motifs is 1. The fourth-order valence-electron chi connectivity index (χ4n) is 3.58. The summed E-state index contributed by atoms with van der Waals surface area (Å²) in [6, 6.07) is 11.0. The van der Waals surface area contributed by atoms with Crippen molar-refractivity contribution in [3.8, 4) is 5.69 Å². The summed E-state index contributed by atoms with van der Waals surface area (Å²) in [6.45, 7) is 4.73. The summed E-state index contributed by atoms with van der Waals surface area (Å²) in [5.74, 6) is 1.61. The van der Waals surface area contributed by atoms with Crippen molar-refractivity contribution in [1.82, 2.24) is 34.8 Å². The quantitative estimate of drug-likeness (QED) is 0.458. The van der Waals surface area contributed by atoms with E-state index in [1.165, 1.54) is 0 Å². The number of nitrogens with zero attached hydrogens (tertiary/aromatic N) is 8. The number of benzene rings is 1. The van der Waals surface area contributed by atoms with Gasteiger partial charge in [0.2, 0.25) is 0 Å². The van der Waals surface area contributed by atoms with Crippen LogP contribution in [0.15, 0.2) is 42.6 Å². The molecule has 0 amide bonds. The van der Waals surface area contributed by atoms with Gasteiger partial charge in [-0.25, -0.2) is 4.98 Å². The third kappa shape index (κ3) is 3.41. The van der Waals surface area contributed by atoms with Crippen molar-refractivity contribution in [2.24, 2.45) is 0 Å². The van der Waals surface area contributed by atoms with Gasteiger partial charge < -0.3 is 9.64 Å². The van der Waals surface area contributed by atoms with E-state index >= 15 is 0 Å². The number of aromatic nitrogens is 7. The Morgan fingerprint density at radius 3 is 2.67 bits per heavy atom. The van der Waals surface area contributed by atoms with Gasteiger partial charge in [-0.15, -0.1) is 5.10 Å². The van der Waals surface area contributed by atoms with Crippen LogP contribution < -0.4 is 4.90 Å². The van der Waals surface area contributed by atoms with Crippen molar-refractivity contribution in [2.75, 3.05) is 31.2 Å². The summed E-state index contributed by atoms with van der Waals surface area (Å²) < 4.78 is 8.89. The molecule has 0 bridgehead atoms. The highest BCUT2D eigenvalue weighted by Gasteiger charge is 2.18. The molecule has 1 fully saturated rings. The summed E-state index contributed by atoms with van der Waals surface area (Å²) >= 11 is 0. The zero-order valence-corrected chi connectivity index (χ0v) is 16.5. The molecule has 152 valence electrons. The third-order valence-electron chi connectivity index (χ3n) is 5.13. The summed E-state index contributed by atoms with van der Waals surface area (Å²) in [7, 11) is 0. The number of ketones is 1. The van der Waals surface area contributed by atoms with Crippen molar-refractivity contribution in [3.63, 3.8) is 0 Å². The van der Waals surface area contributed by atoms with Gasteiger partial charge in [0.25, 0.3) is 0 Å². The van der Waals surface area contributed by atoms with Crippen molar-refractivity contribution in [3.05, 3.63) is 59.7 Å². The number of anilines is 1. The van der Waals surface area contributed by atoms with Crippen LogP contribution in [0.25, 0.3) is 11.3 Å². The summed E-state index contributed by atoms with van der Waals surface area (Å²) in [5.41, 5.74) is 2.87. The van der Waals surface area contributed by atoms with Gasteiger partial charge in [0.1, 0.15) is 5.82 Å². The number of hydrogen-bond acceptors (Lipinski definition) is 8. The van der Waals surface area contributed by atoms with E-state index in [9.17, 15) is 4.79 Å². The molecular formula is C20H20N8O2. The minimum atomic E-state index is -0.000667. The highest BCUT2D eigenvalue weighted by atomic mass is 16.5. The van der Waals surface area contributed by atoms with Crippen LogP contribution in [0, 0.1) is 6.92 Å². The molecule has 5 rings (SSSR count). The zero-order chi connectivity index (χ0) is 20.5. The predicted molar refractivity (Wildman–Crippen MR) is 108 cm³/mol. The van der Waals surface area contributed by atoms with Crippen molar-refractivity contribution < 1.29 is 9.53 Å². The average molecular weight is 404 g/mol. The Morgan fingerprint density at radius 2 is 1.93 bits per heavy atom. The number of hydrogen-bond donors (Lipinski definition) is 0. The number of morpholine rings is 1. The lowest BCUT2D eigenvalue weighted by atomic mass is 10.1. The molecule has 1 aliphatic rings. The van der Waals surface area contributed by atoms with Crippen LogP contribution in [0.3, 0.4) is 0 Å². The lowest BCUT2D eigenvalue weighted by molar-refractivity contribution is 0.0992. The Morgan fingerprint density at radius 1 is 1.13 bits per heavy atom. The Kier molecular flexibility index (Phi) is 4.68. The zero-order valence-electron chi connectivity index (χ0n) is 16.5. The van der Waals surface area contributed by atoms with Crippen LogP contribution in [0.5, 0.6) is 0 Å². The van der Waals surface area contributed by atoms with E-state index in [0.29, 0.717) is 24.6 Å². The Labute approximate surface area is 172 Å². The fraction of sp³-hybridized carbons (Fsp3) is 0.300. The molecular weight excluding hydrogens is 384 g/mol. The molecule has 3 aromatic heterocycles. The van der Waals surface area contributed by atoms with Gasteiger partial charge in [-0.2, -0.15) is 14.3 Å². The largest absolute Gasteiger partial charge is 0.378 e. The average Bonchev–Trinajstić information content (AvgIpc) is 3.42. The first-order chi connectivity index (χ1) is 14.7. The molecule has 1 saturated heterocycles. The van der Waals surface area contributed by atoms with Gasteiger partial charge in [-0.1, -0.05) is 0 Å². The molecule has 0 radical (unpaired) electrons. The van der Waals surface area contributed by atoms with E-state index in [-0.39, 0.29) is 12.2 Å². The highest BCUT2D eigenvalue weighted by molar-refractivity contribution is 5.97. The maximum absolute atomic E-state index is 12.9. The number of rotatable bonds is 5. The number of carbonyl (C=O) groups excluding carboxylic acids is 1. The second-order valence-electron chi connectivity index (χ2n) is 7.09. The van der Waals surface area contributed by atoms with Crippen LogP contribution in [0.2, 0.25) is 0 Å². The van der Waals surface area contributed by atoms with Crippen LogP contribution in [0.4, 0.5) is 5.82 Å². The fourth-order valence-corrected chi connectivity index (χ4v) is 3.58. The third-order valence-corrected chi connectivity index (χ3v) is 5.13. The second-order valence-corrected chi connectivity index (χ2v) is 7.09. The summed E-state index contributed by atoms with van der Waals surface area (Å²) in [4.78, 5) is 19.7. The topological polar surface area (TPSA) is 103 Å². The number of tetrazole rings is 1. The lowest BCUT2D eigenvalue weighted by Crippen LogP contribution is -2.37. The molecule has 10 heteroatoms. The number of Topliss-reactive ketones (excluding diaryl/α,β-unsaturated/α-hetero) is 1. The summed E-state index contributed by atoms with van der Waals surface area (Å²) in [5, 5.41) is 15.9. The molecule has 0 aliphatic carbocycles. The number of carbonyl (C=O) groups is 1. The first-order valence-electron chi connectivity index (χ1n) is 9.74. The minimum absolute atomic E-state index is 0.000667. The van der Waals surface area contributed by atoms with E-state index in [4.69, 9.17) is 4.74 Å². The van der Waals surface area contributed by atoms with Crippen molar-refractivity contribution >= 4 is 17.2 Å². The molecule has 4 aromatic rings. The van der Waals surface area contributed by atoms with Crippen LogP contribution in [-0.2, 0) is 11.2 Å². The molecule has 0 saturated carbocycles. The van der Waals surface area contributed by atoms with Gasteiger partial charge in [0, 0.05) is 30.8 Å². The molecule has 4 heterocycles. The smallest absolute Gasteiger partial charge is 0.168 e. The molecule has 0 spiro atoms. The molecule has 1 aromatic carbocycles. The first-order valence-corrected chi connectivity index (χ1v) is 9.74. The lowest BCUT2D eigenvalue weighted by Gasteiger charge is -2.29. The standard InChI is InChI=1S/C20H20N8O2/c1-14-23-24-25-27(14)17-4-2-15(3-5-17)18(29)12-16-13-20(26-8-10-30-11-9-26)28-19(22-16)6-7-21-28/h2-7,13H,8-12H2,1H3. The van der Waals surface area contributed by atoms with Gasteiger partial charge in [-0.05, 0) is 41.6 Å². The highest BCUT2D eigenvalue weighted by Crippen LogP contribution is 2.20. The maximum Gasteiger partial charge on any atom is 0.168 e. The van der Waals surface area contributed by atoms with E-state index in [1.54, 1.807) is 23.0 Å². The maximum atomic E-state index is 12.9. The van der Waals surface area contributed by atoms with Crippen LogP contribution in [-0.4, -0.2) is 66.9 Å². The number of aryl methyl sites for hydroxylation is 1. The van der Waals surface area contributed by atoms with E-state index < -0.39 is 0 Å². The molecule has 10 nitrogen and oxygen atoms in total. The van der Waals surface area contributed by atoms with Gasteiger partial charge in [-0.3, -0.25) is 4.79 Å². The molecule has 0 atom stereocenters. The van der Waals surface area contributed by atoms with Crippen molar-refractivity contribution in [2.45, 2.75) is 13.3 Å². The minimum Gasteiger partial charge on any atom is -0.378 e. The first kappa shape index (κ1) is 18.4. The molecule has 30 heavy (non-hydrogen) atoms. The molecule has 0 unspecified atom stereocenters. The van der Waals surface area contributed by atoms with Gasteiger partial charge in [0.15, 0.2) is 17.3 Å². The van der Waals surface area contributed by atoms with Crippen molar-refractivity contribution in [1.29, 1.82) is 0 Å². The predicted octanol–water partition coefficient (Wildman–Crippen LogP) is 1.28. The second kappa shape index (κ2) is 7.64. The van der Waals surface area contributed by atoms with E-state index in [0.717, 1.165) is 35.9 Å². The molecule has 0 N–H and O–H groups in total. The SMILES string of the molecule is Cc1nnnn1-c1ccc(C(=O)Cc2cc(N3CCOCC3)n3nccc3n2)cc1. The Hall–Kier alpha value is -3.66. The normalized spacial score (nSPS) is 14.4. The number of ether oxygens (including phenoxy) is 1. The van der Waals surface area contributed by atoms with E-state index in [2.05, 4.69) is 30.5 Å². The monoisotopic (exact) mass is 404 g/mol. The Balaban J connectivity index is 1.40. The van der Waals surface area contributed by atoms with E-state index in [1.807, 2.05) is 35.7 Å². The van der Waals surface area contributed by atoms with Crippen LogP contribution in [0.1, 0.15) is 21.9 Å². The Bertz CT molecular complexity index is 1190. The van der Waals surface area contributed by atoms with Crippen LogP contribution >= 0.6 is 0 Å². The van der Waals surface area contributed by atoms with Gasteiger partial charge in [0.05, 0.1) is 37.2 Å². The van der Waals surface area contributed by atoms with Gasteiger partial charge >= 0.3 is 0 Å². The summed E-state index contributed by atoms with van der Waals surface area (Å²) in [6.07, 6.45) is 1.93.